The van der Waals surface area contributed by atoms with E-state index in [1.807, 2.05) is 24.3 Å². The highest BCUT2D eigenvalue weighted by Gasteiger charge is 2.40. The van der Waals surface area contributed by atoms with Crippen molar-refractivity contribution in [1.29, 1.82) is 0 Å². The van der Waals surface area contributed by atoms with Gasteiger partial charge < -0.3 is 10.6 Å². The largest absolute Gasteiger partial charge is 0.370 e. The van der Waals surface area contributed by atoms with Gasteiger partial charge in [0.1, 0.15) is 5.69 Å². The number of hydrogen-bond donors (Lipinski definition) is 2. The Morgan fingerprint density at radius 2 is 1.68 bits per heavy atom. The molecule has 0 saturated carbocycles. The van der Waals surface area contributed by atoms with E-state index in [2.05, 4.69) is 77.4 Å². The number of fused-ring (bicyclic) bond motifs is 10. The van der Waals surface area contributed by atoms with Crippen molar-refractivity contribution in [3.63, 3.8) is 0 Å². The number of rotatable bonds is 0. The summed E-state index contributed by atoms with van der Waals surface area (Å²) in [6.45, 7) is 0. The molecule has 0 amide bonds. The summed E-state index contributed by atoms with van der Waals surface area (Å²) in [7, 11) is 0. The number of hydrogen-bond acceptors (Lipinski definition) is 6. The molecule has 38 heavy (non-hydrogen) atoms. The number of anilines is 1. The first-order chi connectivity index (χ1) is 18.8. The molecule has 1 atom stereocenters. The predicted molar refractivity (Wildman–Crippen MR) is 153 cm³/mol. The summed E-state index contributed by atoms with van der Waals surface area (Å²) in [6.07, 6.45) is 15.4. The van der Waals surface area contributed by atoms with Crippen molar-refractivity contribution in [1.82, 2.24) is 10.3 Å². The van der Waals surface area contributed by atoms with Gasteiger partial charge in [-0.15, -0.1) is 0 Å². The first-order valence-corrected chi connectivity index (χ1v) is 12.8. The second kappa shape index (κ2) is 7.23. The lowest BCUT2D eigenvalue weighted by atomic mass is 9.89. The highest BCUT2D eigenvalue weighted by Crippen LogP contribution is 2.46. The molecule has 2 aromatic carbocycles. The van der Waals surface area contributed by atoms with Gasteiger partial charge in [-0.25, -0.2) is 20.0 Å². The van der Waals surface area contributed by atoms with Crippen LogP contribution < -0.4 is 10.6 Å². The summed E-state index contributed by atoms with van der Waals surface area (Å²) in [5, 5.41) is 8.64. The molecule has 2 N–H and O–H groups in total. The average molecular weight is 489 g/mol. The number of nitrogens with one attached hydrogen (secondary N) is 2. The zero-order valence-corrected chi connectivity index (χ0v) is 20.2. The van der Waals surface area contributed by atoms with Gasteiger partial charge in [0.25, 0.3) is 0 Å². The van der Waals surface area contributed by atoms with Gasteiger partial charge in [-0.05, 0) is 48.6 Å². The average Bonchev–Trinajstić information content (AvgIpc) is 3.74. The molecule has 6 aliphatic rings. The van der Waals surface area contributed by atoms with Crippen LogP contribution in [0.2, 0.25) is 0 Å². The van der Waals surface area contributed by atoms with Crippen molar-refractivity contribution in [2.45, 2.75) is 12.5 Å². The van der Waals surface area contributed by atoms with Crippen LogP contribution >= 0.6 is 0 Å². The third kappa shape index (κ3) is 2.77. The third-order valence-corrected chi connectivity index (χ3v) is 7.77. The van der Waals surface area contributed by atoms with E-state index in [0.29, 0.717) is 0 Å². The summed E-state index contributed by atoms with van der Waals surface area (Å²) >= 11 is 0. The van der Waals surface area contributed by atoms with Crippen molar-refractivity contribution in [3.8, 4) is 0 Å². The molecule has 0 fully saturated rings. The number of aromatic nitrogens is 1. The van der Waals surface area contributed by atoms with Crippen LogP contribution in [-0.2, 0) is 0 Å². The molecular formula is C32H20N6. The Morgan fingerprint density at radius 1 is 0.816 bits per heavy atom. The fraction of sp³-hybridized carbons (Fsp3) is 0.0625. The molecule has 0 aliphatic carbocycles. The van der Waals surface area contributed by atoms with Gasteiger partial charge in [0.05, 0.1) is 51.5 Å². The molecule has 6 nitrogen and oxygen atoms in total. The summed E-state index contributed by atoms with van der Waals surface area (Å²) in [6, 6.07) is 16.6. The van der Waals surface area contributed by atoms with Crippen LogP contribution in [0.15, 0.2) is 129 Å². The first-order valence-electron chi connectivity index (χ1n) is 12.8. The van der Waals surface area contributed by atoms with E-state index in [0.717, 1.165) is 79.7 Å². The number of pyridine rings is 1. The van der Waals surface area contributed by atoms with Gasteiger partial charge in [-0.3, -0.25) is 0 Å². The summed E-state index contributed by atoms with van der Waals surface area (Å²) in [5.74, 6) is 0. The van der Waals surface area contributed by atoms with Crippen LogP contribution in [0.5, 0.6) is 0 Å². The highest BCUT2D eigenvalue weighted by molar-refractivity contribution is 6.29. The van der Waals surface area contributed by atoms with E-state index in [4.69, 9.17) is 20.0 Å². The van der Waals surface area contributed by atoms with E-state index >= 15 is 0 Å². The number of benzene rings is 2. The fourth-order valence-corrected chi connectivity index (χ4v) is 6.12. The Labute approximate surface area is 218 Å². The fourth-order valence-electron chi connectivity index (χ4n) is 6.12. The normalized spacial score (nSPS) is 21.3. The molecule has 1 unspecified atom stereocenters. The van der Waals surface area contributed by atoms with Crippen LogP contribution in [-0.4, -0.2) is 28.2 Å². The van der Waals surface area contributed by atoms with Crippen LogP contribution in [0.25, 0.3) is 16.5 Å². The van der Waals surface area contributed by atoms with E-state index in [1.165, 1.54) is 11.3 Å². The minimum Gasteiger partial charge on any atom is -0.370 e. The Bertz CT molecular complexity index is 1940. The monoisotopic (exact) mass is 488 g/mol. The molecule has 1 aromatic heterocycles. The van der Waals surface area contributed by atoms with Crippen molar-refractivity contribution >= 4 is 45.0 Å². The maximum absolute atomic E-state index is 5.18. The standard InChI is InChI=1S/C32H20N6/c1-3-7-23-21(5-1)27-25-13-11-19(34-25)15-17-9-10-18(33-17)16-20-12-14-26(35-20)28-22-6-2-4-8-24(22)37-32-30(28)38-29(27)31(32)36-23/h1-13,15-16,30,35,38H,14H2. The quantitative estimate of drug-likeness (QED) is 0.414. The number of allylic oxidation sites excluding steroid dienone is 7. The molecule has 0 spiro atoms. The Morgan fingerprint density at radius 3 is 2.68 bits per heavy atom. The predicted octanol–water partition coefficient (Wildman–Crippen LogP) is 5.90. The SMILES string of the molecule is C1=CC2=NC1=CC1=CCC(=C3c4ccccc4N=C4c5nc6ccccc6c(c5NC43)C3=NC(=C2)C=C3)N1. The van der Waals surface area contributed by atoms with Crippen LogP contribution in [0, 0.1) is 0 Å². The molecule has 0 saturated heterocycles. The molecule has 6 heteroatoms. The van der Waals surface area contributed by atoms with Gasteiger partial charge in [-0.2, -0.15) is 0 Å². The Balaban J connectivity index is 1.38. The second-order valence-corrected chi connectivity index (χ2v) is 10.0. The molecule has 178 valence electrons. The lowest BCUT2D eigenvalue weighted by Gasteiger charge is -2.26. The molecule has 9 rings (SSSR count). The van der Waals surface area contributed by atoms with Crippen molar-refractivity contribution < 1.29 is 0 Å². The maximum atomic E-state index is 5.18. The summed E-state index contributed by atoms with van der Waals surface area (Å²) in [5.41, 5.74) is 14.0. The lowest BCUT2D eigenvalue weighted by Crippen LogP contribution is -2.30. The van der Waals surface area contributed by atoms with Gasteiger partial charge in [0.15, 0.2) is 0 Å². The number of aliphatic imine (C=N–C) groups is 3. The Kier molecular flexibility index (Phi) is 3.81. The number of nitrogens with zero attached hydrogens (tertiary/aromatic N) is 4. The van der Waals surface area contributed by atoms with Crippen LogP contribution in [0.3, 0.4) is 0 Å². The van der Waals surface area contributed by atoms with E-state index in [9.17, 15) is 0 Å². The number of para-hydroxylation sites is 2. The highest BCUT2D eigenvalue weighted by atomic mass is 15.1. The molecule has 0 radical (unpaired) electrons. The van der Waals surface area contributed by atoms with Crippen molar-refractivity contribution in [3.05, 3.63) is 131 Å². The summed E-state index contributed by atoms with van der Waals surface area (Å²) in [4.78, 5) is 20.2. The van der Waals surface area contributed by atoms with Crippen LogP contribution in [0.4, 0.5) is 11.4 Å². The van der Waals surface area contributed by atoms with Crippen molar-refractivity contribution in [2.75, 3.05) is 5.32 Å². The minimum absolute atomic E-state index is 0.115. The molecule has 8 bridgehead atoms. The third-order valence-electron chi connectivity index (χ3n) is 7.77. The van der Waals surface area contributed by atoms with Crippen LogP contribution in [0.1, 0.15) is 23.2 Å². The zero-order valence-electron chi connectivity index (χ0n) is 20.2. The van der Waals surface area contributed by atoms with E-state index in [1.54, 1.807) is 0 Å². The zero-order chi connectivity index (χ0) is 24.8. The molecular weight excluding hydrogens is 468 g/mol. The lowest BCUT2D eigenvalue weighted by molar-refractivity contribution is 1.01. The molecule has 6 aliphatic heterocycles. The van der Waals surface area contributed by atoms with Gasteiger partial charge >= 0.3 is 0 Å². The van der Waals surface area contributed by atoms with Gasteiger partial charge in [-0.1, -0.05) is 42.5 Å². The first kappa shape index (κ1) is 20.0. The second-order valence-electron chi connectivity index (χ2n) is 10.0. The molecule has 7 heterocycles. The van der Waals surface area contributed by atoms with Gasteiger partial charge in [0.2, 0.25) is 0 Å². The summed E-state index contributed by atoms with van der Waals surface area (Å²) < 4.78 is 0. The van der Waals surface area contributed by atoms with Crippen molar-refractivity contribution in [2.24, 2.45) is 15.0 Å². The van der Waals surface area contributed by atoms with Gasteiger partial charge in [0, 0.05) is 39.9 Å². The Hall–Kier alpha value is -5.10. The maximum Gasteiger partial charge on any atom is 0.112 e. The smallest absolute Gasteiger partial charge is 0.112 e. The topological polar surface area (TPSA) is 74.0 Å². The molecule has 3 aromatic rings. The van der Waals surface area contributed by atoms with E-state index in [-0.39, 0.29) is 6.04 Å². The van der Waals surface area contributed by atoms with E-state index < -0.39 is 0 Å². The minimum atomic E-state index is -0.115.